The molecule has 0 saturated carbocycles. The van der Waals surface area contributed by atoms with Gasteiger partial charge in [-0.1, -0.05) is 41.4 Å². The Kier molecular flexibility index (Phi) is 5.09. The highest BCUT2D eigenvalue weighted by Crippen LogP contribution is 2.31. The summed E-state index contributed by atoms with van der Waals surface area (Å²) in [5, 5.41) is 4.20. The predicted octanol–water partition coefficient (Wildman–Crippen LogP) is 4.77. The third kappa shape index (κ3) is 3.98. The molecule has 1 saturated heterocycles. The molecule has 0 radical (unpaired) electrons. The fourth-order valence-corrected chi connectivity index (χ4v) is 3.23. The van der Waals surface area contributed by atoms with E-state index in [-0.39, 0.29) is 12.3 Å². The van der Waals surface area contributed by atoms with Gasteiger partial charge < -0.3 is 10.2 Å². The normalized spacial score (nSPS) is 14.1. The monoisotopic (exact) mass is 348 g/mol. The number of hydrogen-bond donors (Lipinski definition) is 1. The van der Waals surface area contributed by atoms with Crippen molar-refractivity contribution >= 4 is 40.5 Å². The fourth-order valence-electron chi connectivity index (χ4n) is 2.85. The summed E-state index contributed by atoms with van der Waals surface area (Å²) in [5.41, 5.74) is 2.60. The van der Waals surface area contributed by atoms with Gasteiger partial charge in [-0.3, -0.25) is 4.79 Å². The summed E-state index contributed by atoms with van der Waals surface area (Å²) in [6.45, 7) is 2.02. The van der Waals surface area contributed by atoms with Crippen LogP contribution in [0, 0.1) is 0 Å². The van der Waals surface area contributed by atoms with Crippen LogP contribution in [0.5, 0.6) is 0 Å². The first-order chi connectivity index (χ1) is 11.1. The van der Waals surface area contributed by atoms with Crippen molar-refractivity contribution in [2.45, 2.75) is 19.3 Å². The predicted molar refractivity (Wildman–Crippen MR) is 96.7 cm³/mol. The number of amides is 1. The molecule has 1 amide bonds. The van der Waals surface area contributed by atoms with E-state index >= 15 is 0 Å². The molecular formula is C18H18Cl2N2O. The number of carbonyl (C=O) groups excluding carboxylic acids is 1. The van der Waals surface area contributed by atoms with Crippen LogP contribution in [0.4, 0.5) is 11.4 Å². The summed E-state index contributed by atoms with van der Waals surface area (Å²) in [6.07, 6.45) is 2.59. The molecule has 0 spiro atoms. The van der Waals surface area contributed by atoms with E-state index in [0.717, 1.165) is 30.0 Å². The van der Waals surface area contributed by atoms with E-state index in [2.05, 4.69) is 10.2 Å². The number of benzene rings is 2. The molecule has 1 heterocycles. The molecule has 0 bridgehead atoms. The number of halogens is 2. The zero-order valence-corrected chi connectivity index (χ0v) is 14.2. The van der Waals surface area contributed by atoms with Gasteiger partial charge in [0.1, 0.15) is 0 Å². The Hall–Kier alpha value is -1.71. The molecule has 3 rings (SSSR count). The van der Waals surface area contributed by atoms with Crippen LogP contribution in [-0.2, 0) is 11.2 Å². The Morgan fingerprint density at radius 2 is 1.83 bits per heavy atom. The maximum Gasteiger partial charge on any atom is 0.228 e. The van der Waals surface area contributed by atoms with Crippen LogP contribution in [0.15, 0.2) is 42.5 Å². The average molecular weight is 349 g/mol. The summed E-state index contributed by atoms with van der Waals surface area (Å²) in [4.78, 5) is 14.7. The lowest BCUT2D eigenvalue weighted by atomic mass is 10.1. The lowest BCUT2D eigenvalue weighted by Gasteiger charge is -2.22. The highest BCUT2D eigenvalue weighted by molar-refractivity contribution is 6.31. The third-order valence-corrected chi connectivity index (χ3v) is 4.59. The molecular weight excluding hydrogens is 331 g/mol. The van der Waals surface area contributed by atoms with Gasteiger partial charge in [0.25, 0.3) is 0 Å². The largest absolute Gasteiger partial charge is 0.370 e. The summed E-state index contributed by atoms with van der Waals surface area (Å²) in [6, 6.07) is 13.0. The van der Waals surface area contributed by atoms with Crippen molar-refractivity contribution in [3.05, 3.63) is 58.1 Å². The molecule has 0 unspecified atom stereocenters. The zero-order chi connectivity index (χ0) is 16.2. The summed E-state index contributed by atoms with van der Waals surface area (Å²) in [5.74, 6) is -0.0965. The third-order valence-electron chi connectivity index (χ3n) is 3.99. The second-order valence-electron chi connectivity index (χ2n) is 5.67. The Bertz CT molecular complexity index is 712. The van der Waals surface area contributed by atoms with Gasteiger partial charge in [-0.25, -0.2) is 0 Å². The molecule has 1 fully saturated rings. The number of carbonyl (C=O) groups is 1. The Labute approximate surface area is 146 Å². The highest BCUT2D eigenvalue weighted by Gasteiger charge is 2.17. The lowest BCUT2D eigenvalue weighted by molar-refractivity contribution is -0.115. The molecule has 120 valence electrons. The molecule has 2 aromatic rings. The number of rotatable bonds is 4. The zero-order valence-electron chi connectivity index (χ0n) is 12.7. The van der Waals surface area contributed by atoms with Crippen LogP contribution in [0.1, 0.15) is 18.4 Å². The van der Waals surface area contributed by atoms with E-state index in [4.69, 9.17) is 23.2 Å². The van der Waals surface area contributed by atoms with Gasteiger partial charge in [-0.05, 0) is 42.7 Å². The molecule has 0 aliphatic carbocycles. The van der Waals surface area contributed by atoms with Gasteiger partial charge in [0.05, 0.1) is 17.8 Å². The lowest BCUT2D eigenvalue weighted by Crippen LogP contribution is -2.21. The molecule has 0 aromatic heterocycles. The van der Waals surface area contributed by atoms with Gasteiger partial charge in [0, 0.05) is 23.1 Å². The maximum atomic E-state index is 12.4. The smallest absolute Gasteiger partial charge is 0.228 e. The standard InChI is InChI=1S/C18H18Cl2N2O/c19-14-7-8-17(22-9-3-4-10-22)16(12-14)21-18(23)11-13-5-1-2-6-15(13)20/h1-2,5-8,12H,3-4,9-11H2,(H,21,23). The minimum atomic E-state index is -0.0965. The highest BCUT2D eigenvalue weighted by atomic mass is 35.5. The minimum Gasteiger partial charge on any atom is -0.370 e. The van der Waals surface area contributed by atoms with Crippen molar-refractivity contribution in [3.63, 3.8) is 0 Å². The molecule has 1 N–H and O–H groups in total. The first-order valence-electron chi connectivity index (χ1n) is 7.71. The number of nitrogens with one attached hydrogen (secondary N) is 1. The van der Waals surface area contributed by atoms with Gasteiger partial charge >= 0.3 is 0 Å². The van der Waals surface area contributed by atoms with Crippen LogP contribution in [0.2, 0.25) is 10.0 Å². The van der Waals surface area contributed by atoms with E-state index in [1.54, 1.807) is 12.1 Å². The topological polar surface area (TPSA) is 32.3 Å². The number of anilines is 2. The second-order valence-corrected chi connectivity index (χ2v) is 6.52. The van der Waals surface area contributed by atoms with Crippen molar-refractivity contribution in [2.75, 3.05) is 23.3 Å². The number of hydrogen-bond acceptors (Lipinski definition) is 2. The minimum absolute atomic E-state index is 0.0965. The van der Waals surface area contributed by atoms with Crippen molar-refractivity contribution in [2.24, 2.45) is 0 Å². The molecule has 1 aliphatic heterocycles. The van der Waals surface area contributed by atoms with Crippen LogP contribution >= 0.6 is 23.2 Å². The molecule has 5 heteroatoms. The molecule has 0 atom stereocenters. The molecule has 23 heavy (non-hydrogen) atoms. The van der Waals surface area contributed by atoms with Crippen molar-refractivity contribution in [1.82, 2.24) is 0 Å². The van der Waals surface area contributed by atoms with Crippen LogP contribution in [-0.4, -0.2) is 19.0 Å². The van der Waals surface area contributed by atoms with E-state index in [9.17, 15) is 4.79 Å². The van der Waals surface area contributed by atoms with E-state index < -0.39 is 0 Å². The SMILES string of the molecule is O=C(Cc1ccccc1Cl)Nc1cc(Cl)ccc1N1CCCC1. The second kappa shape index (κ2) is 7.24. The molecule has 1 aliphatic rings. The van der Waals surface area contributed by atoms with Crippen molar-refractivity contribution in [3.8, 4) is 0 Å². The van der Waals surface area contributed by atoms with Gasteiger partial charge in [-0.15, -0.1) is 0 Å². The van der Waals surface area contributed by atoms with Crippen LogP contribution < -0.4 is 10.2 Å². The van der Waals surface area contributed by atoms with E-state index in [1.165, 1.54) is 12.8 Å². The molecule has 3 nitrogen and oxygen atoms in total. The first-order valence-corrected chi connectivity index (χ1v) is 8.47. The Morgan fingerprint density at radius 1 is 1.09 bits per heavy atom. The molecule has 2 aromatic carbocycles. The van der Waals surface area contributed by atoms with E-state index in [0.29, 0.717) is 10.0 Å². The van der Waals surface area contributed by atoms with Crippen molar-refractivity contribution < 1.29 is 4.79 Å². The van der Waals surface area contributed by atoms with Gasteiger partial charge in [0.2, 0.25) is 5.91 Å². The summed E-state index contributed by atoms with van der Waals surface area (Å²) >= 11 is 12.2. The summed E-state index contributed by atoms with van der Waals surface area (Å²) in [7, 11) is 0. The first kappa shape index (κ1) is 16.2. The Balaban J connectivity index is 1.77. The fraction of sp³-hybridized carbons (Fsp3) is 0.278. The van der Waals surface area contributed by atoms with Crippen LogP contribution in [0.25, 0.3) is 0 Å². The van der Waals surface area contributed by atoms with E-state index in [1.807, 2.05) is 30.3 Å². The van der Waals surface area contributed by atoms with Crippen molar-refractivity contribution in [1.29, 1.82) is 0 Å². The van der Waals surface area contributed by atoms with Crippen LogP contribution in [0.3, 0.4) is 0 Å². The Morgan fingerprint density at radius 3 is 2.57 bits per heavy atom. The quantitative estimate of drug-likeness (QED) is 0.862. The van der Waals surface area contributed by atoms with Gasteiger partial charge in [-0.2, -0.15) is 0 Å². The maximum absolute atomic E-state index is 12.4. The van der Waals surface area contributed by atoms with Gasteiger partial charge in [0.15, 0.2) is 0 Å². The summed E-state index contributed by atoms with van der Waals surface area (Å²) < 4.78 is 0. The number of nitrogens with zero attached hydrogens (tertiary/aromatic N) is 1. The average Bonchev–Trinajstić information content (AvgIpc) is 3.04.